The number of hydrogen-bond acceptors (Lipinski definition) is 4. The molecule has 2 saturated carbocycles. The molecule has 26 heavy (non-hydrogen) atoms. The first-order valence-electron chi connectivity index (χ1n) is 9.54. The van der Waals surface area contributed by atoms with Gasteiger partial charge in [0.2, 0.25) is 10.0 Å². The largest absolute Gasteiger partial charge is 0.311 e. The summed E-state index contributed by atoms with van der Waals surface area (Å²) in [6.45, 7) is 2.08. The Balaban J connectivity index is 1.45. The number of hydrogen-bond donors (Lipinski definition) is 1. The third-order valence-corrected chi connectivity index (χ3v) is 6.95. The van der Waals surface area contributed by atoms with Crippen molar-refractivity contribution in [1.82, 2.24) is 19.5 Å². The SMILES string of the molecule is Cc1nnc(CNS(=O)(=O)c2ccc(C3CCCCC3)cc2)n1C1CC1. The molecule has 0 saturated heterocycles. The summed E-state index contributed by atoms with van der Waals surface area (Å²) in [4.78, 5) is 0.311. The van der Waals surface area contributed by atoms with Crippen LogP contribution < -0.4 is 4.72 Å². The van der Waals surface area contributed by atoms with Crippen molar-refractivity contribution in [3.8, 4) is 0 Å². The summed E-state index contributed by atoms with van der Waals surface area (Å²) in [6, 6.07) is 7.83. The van der Waals surface area contributed by atoms with Gasteiger partial charge in [-0.1, -0.05) is 31.4 Å². The second kappa shape index (κ2) is 7.12. The van der Waals surface area contributed by atoms with E-state index in [1.165, 1.54) is 37.7 Å². The molecule has 1 N–H and O–H groups in total. The van der Waals surface area contributed by atoms with Gasteiger partial charge in [-0.05, 0) is 56.2 Å². The van der Waals surface area contributed by atoms with E-state index in [-0.39, 0.29) is 6.54 Å². The zero-order valence-electron chi connectivity index (χ0n) is 15.2. The van der Waals surface area contributed by atoms with Gasteiger partial charge in [-0.25, -0.2) is 13.1 Å². The van der Waals surface area contributed by atoms with Crippen molar-refractivity contribution in [1.29, 1.82) is 0 Å². The highest BCUT2D eigenvalue weighted by Crippen LogP contribution is 2.36. The van der Waals surface area contributed by atoms with Crippen LogP contribution in [0.1, 0.15) is 74.1 Å². The lowest BCUT2D eigenvalue weighted by molar-refractivity contribution is 0.443. The van der Waals surface area contributed by atoms with Crippen LogP contribution in [0.3, 0.4) is 0 Å². The molecule has 1 aromatic heterocycles. The van der Waals surface area contributed by atoms with E-state index < -0.39 is 10.0 Å². The maximum atomic E-state index is 12.6. The molecular weight excluding hydrogens is 348 g/mol. The highest BCUT2D eigenvalue weighted by atomic mass is 32.2. The first-order chi connectivity index (χ1) is 12.5. The summed E-state index contributed by atoms with van der Waals surface area (Å²) in [5.41, 5.74) is 1.26. The summed E-state index contributed by atoms with van der Waals surface area (Å²) in [7, 11) is -3.55. The van der Waals surface area contributed by atoms with Crippen molar-refractivity contribution in [2.75, 3.05) is 0 Å². The standard InChI is InChI=1S/C19H26N4O2S/c1-14-21-22-19(23(14)17-9-10-17)13-20-26(24,25)18-11-7-16(8-12-18)15-5-3-2-4-6-15/h7-8,11-12,15,17,20H,2-6,9-10,13H2,1H3. The molecule has 2 aliphatic carbocycles. The molecule has 7 heteroatoms. The van der Waals surface area contributed by atoms with Crippen LogP contribution in [0.25, 0.3) is 0 Å². The summed E-state index contributed by atoms with van der Waals surface area (Å²) >= 11 is 0. The number of sulfonamides is 1. The van der Waals surface area contributed by atoms with E-state index in [0.717, 1.165) is 18.7 Å². The maximum Gasteiger partial charge on any atom is 0.240 e. The molecule has 0 spiro atoms. The summed E-state index contributed by atoms with van der Waals surface area (Å²) in [5.74, 6) is 2.11. The van der Waals surface area contributed by atoms with E-state index in [1.54, 1.807) is 12.1 Å². The first kappa shape index (κ1) is 17.7. The Kier molecular flexibility index (Phi) is 4.84. The lowest BCUT2D eigenvalue weighted by Gasteiger charge is -2.22. The topological polar surface area (TPSA) is 76.9 Å². The van der Waals surface area contributed by atoms with Crippen LogP contribution >= 0.6 is 0 Å². The minimum Gasteiger partial charge on any atom is -0.311 e. The van der Waals surface area contributed by atoms with Gasteiger partial charge in [-0.2, -0.15) is 0 Å². The van der Waals surface area contributed by atoms with Crippen molar-refractivity contribution in [2.24, 2.45) is 0 Å². The summed E-state index contributed by atoms with van der Waals surface area (Å²) < 4.78 is 30.0. The lowest BCUT2D eigenvalue weighted by atomic mass is 9.84. The zero-order chi connectivity index (χ0) is 18.1. The third-order valence-electron chi connectivity index (χ3n) is 5.54. The van der Waals surface area contributed by atoms with Gasteiger partial charge < -0.3 is 4.57 Å². The fraction of sp³-hybridized carbons (Fsp3) is 0.579. The molecule has 0 radical (unpaired) electrons. The number of rotatable bonds is 6. The minimum atomic E-state index is -3.55. The van der Waals surface area contributed by atoms with E-state index in [9.17, 15) is 8.42 Å². The van der Waals surface area contributed by atoms with Crippen molar-refractivity contribution in [3.05, 3.63) is 41.5 Å². The Morgan fingerprint density at radius 1 is 1.04 bits per heavy atom. The van der Waals surface area contributed by atoms with Gasteiger partial charge >= 0.3 is 0 Å². The molecule has 1 aromatic carbocycles. The first-order valence-corrected chi connectivity index (χ1v) is 11.0. The normalized spacial score (nSPS) is 19.0. The number of benzene rings is 1. The van der Waals surface area contributed by atoms with Crippen LogP contribution in [0.5, 0.6) is 0 Å². The van der Waals surface area contributed by atoms with Crippen LogP contribution in [-0.4, -0.2) is 23.2 Å². The monoisotopic (exact) mass is 374 g/mol. The Hall–Kier alpha value is -1.73. The molecule has 2 fully saturated rings. The number of aryl methyl sites for hydroxylation is 1. The Labute approximate surface area is 155 Å². The predicted molar refractivity (Wildman–Crippen MR) is 99.3 cm³/mol. The summed E-state index contributed by atoms with van der Waals surface area (Å²) in [5, 5.41) is 8.23. The zero-order valence-corrected chi connectivity index (χ0v) is 16.0. The highest BCUT2D eigenvalue weighted by molar-refractivity contribution is 7.89. The lowest BCUT2D eigenvalue weighted by Crippen LogP contribution is -2.25. The smallest absolute Gasteiger partial charge is 0.240 e. The Morgan fingerprint density at radius 2 is 1.73 bits per heavy atom. The van der Waals surface area contributed by atoms with Gasteiger partial charge in [0.1, 0.15) is 11.6 Å². The fourth-order valence-electron chi connectivity index (χ4n) is 3.94. The molecule has 0 amide bonds. The molecule has 2 aliphatic rings. The molecule has 0 atom stereocenters. The molecule has 4 rings (SSSR count). The molecule has 0 aliphatic heterocycles. The molecule has 1 heterocycles. The van der Waals surface area contributed by atoms with Gasteiger partial charge in [0.25, 0.3) is 0 Å². The Morgan fingerprint density at radius 3 is 2.38 bits per heavy atom. The molecule has 0 unspecified atom stereocenters. The van der Waals surface area contributed by atoms with Crippen molar-refractivity contribution >= 4 is 10.0 Å². The van der Waals surface area contributed by atoms with E-state index in [2.05, 4.69) is 19.5 Å². The van der Waals surface area contributed by atoms with Crippen LogP contribution in [0.4, 0.5) is 0 Å². The van der Waals surface area contributed by atoms with Gasteiger partial charge in [-0.3, -0.25) is 0 Å². The second-order valence-corrected chi connectivity index (χ2v) is 9.26. The maximum absolute atomic E-state index is 12.6. The van der Waals surface area contributed by atoms with Crippen LogP contribution in [0.15, 0.2) is 29.2 Å². The van der Waals surface area contributed by atoms with E-state index in [1.807, 2.05) is 19.1 Å². The van der Waals surface area contributed by atoms with E-state index in [4.69, 9.17) is 0 Å². The van der Waals surface area contributed by atoms with E-state index >= 15 is 0 Å². The van der Waals surface area contributed by atoms with Gasteiger partial charge in [-0.15, -0.1) is 10.2 Å². The average Bonchev–Trinajstić information content (AvgIpc) is 3.43. The number of nitrogens with zero attached hydrogens (tertiary/aromatic N) is 3. The number of aromatic nitrogens is 3. The van der Waals surface area contributed by atoms with Crippen molar-refractivity contribution in [2.45, 2.75) is 75.3 Å². The average molecular weight is 375 g/mol. The number of nitrogens with one attached hydrogen (secondary N) is 1. The fourth-order valence-corrected chi connectivity index (χ4v) is 4.92. The molecule has 0 bridgehead atoms. The van der Waals surface area contributed by atoms with Crippen molar-refractivity contribution < 1.29 is 8.42 Å². The molecular formula is C19H26N4O2S. The third kappa shape index (κ3) is 3.69. The molecule has 2 aromatic rings. The quantitative estimate of drug-likeness (QED) is 0.840. The molecule has 140 valence electrons. The van der Waals surface area contributed by atoms with Gasteiger partial charge in [0.05, 0.1) is 11.4 Å². The highest BCUT2D eigenvalue weighted by Gasteiger charge is 2.28. The van der Waals surface area contributed by atoms with Gasteiger partial charge in [0, 0.05) is 6.04 Å². The second-order valence-electron chi connectivity index (χ2n) is 7.49. The van der Waals surface area contributed by atoms with E-state index in [0.29, 0.717) is 22.7 Å². The summed E-state index contributed by atoms with van der Waals surface area (Å²) in [6.07, 6.45) is 8.50. The van der Waals surface area contributed by atoms with Crippen LogP contribution in [0, 0.1) is 6.92 Å². The van der Waals surface area contributed by atoms with Crippen molar-refractivity contribution in [3.63, 3.8) is 0 Å². The van der Waals surface area contributed by atoms with Crippen LogP contribution in [0.2, 0.25) is 0 Å². The Bertz CT molecular complexity index is 863. The minimum absolute atomic E-state index is 0.171. The van der Waals surface area contributed by atoms with Gasteiger partial charge in [0.15, 0.2) is 0 Å². The van der Waals surface area contributed by atoms with Crippen LogP contribution in [-0.2, 0) is 16.6 Å². The molecule has 6 nitrogen and oxygen atoms in total. The predicted octanol–water partition coefficient (Wildman–Crippen LogP) is 3.45.